The summed E-state index contributed by atoms with van der Waals surface area (Å²) in [5.74, 6) is 0.0258. The molecule has 4 aromatic rings. The maximum Gasteiger partial charge on any atom is 0.263 e. The predicted molar refractivity (Wildman–Crippen MR) is 131 cm³/mol. The molecule has 2 aromatic heterocycles. The third-order valence-corrected chi connectivity index (χ3v) is 6.95. The Morgan fingerprint density at radius 1 is 1.06 bits per heavy atom. The van der Waals surface area contributed by atoms with Crippen molar-refractivity contribution in [3.63, 3.8) is 0 Å². The molecule has 0 aliphatic carbocycles. The highest BCUT2D eigenvalue weighted by molar-refractivity contribution is 7.17. The van der Waals surface area contributed by atoms with E-state index in [1.807, 2.05) is 28.5 Å². The van der Waals surface area contributed by atoms with Crippen LogP contribution < -0.4 is 4.74 Å². The predicted octanol–water partition coefficient (Wildman–Crippen LogP) is 4.61. The van der Waals surface area contributed by atoms with Gasteiger partial charge in [-0.05, 0) is 30.2 Å². The molecule has 0 saturated carbocycles. The largest absolute Gasteiger partial charge is 0.464 e. The number of halogens is 1. The third-order valence-electron chi connectivity index (χ3n) is 6.06. The van der Waals surface area contributed by atoms with Gasteiger partial charge in [-0.15, -0.1) is 11.3 Å². The van der Waals surface area contributed by atoms with Gasteiger partial charge in [0, 0.05) is 43.7 Å². The normalized spacial score (nSPS) is 15.4. The molecule has 174 valence electrons. The van der Waals surface area contributed by atoms with Crippen LogP contribution in [0.3, 0.4) is 0 Å². The number of nitrogens with zero attached hydrogens (tertiary/aromatic N) is 4. The van der Waals surface area contributed by atoms with Gasteiger partial charge < -0.3 is 9.64 Å². The molecule has 2 aromatic carbocycles. The van der Waals surface area contributed by atoms with Crippen LogP contribution in [-0.2, 0) is 11.3 Å². The minimum absolute atomic E-state index is 0.0512. The summed E-state index contributed by atoms with van der Waals surface area (Å²) < 4.78 is 19.5. The Morgan fingerprint density at radius 3 is 2.53 bits per heavy atom. The lowest BCUT2D eigenvalue weighted by Crippen LogP contribution is -2.51. The van der Waals surface area contributed by atoms with Gasteiger partial charge in [-0.3, -0.25) is 9.69 Å². The summed E-state index contributed by atoms with van der Waals surface area (Å²) in [6.07, 6.45) is 0.766. The number of fused-ring (bicyclic) bond motifs is 1. The zero-order valence-corrected chi connectivity index (χ0v) is 19.7. The van der Waals surface area contributed by atoms with Crippen LogP contribution in [0.1, 0.15) is 12.5 Å². The molecule has 0 spiro atoms. The first-order chi connectivity index (χ1) is 16.6. The lowest BCUT2D eigenvalue weighted by Gasteiger charge is -2.35. The zero-order chi connectivity index (χ0) is 23.5. The highest BCUT2D eigenvalue weighted by Gasteiger charge is 2.27. The molecule has 1 saturated heterocycles. The van der Waals surface area contributed by atoms with Crippen LogP contribution in [0.15, 0.2) is 66.3 Å². The van der Waals surface area contributed by atoms with Gasteiger partial charge in [-0.25, -0.2) is 14.4 Å². The number of aromatic nitrogens is 2. The number of carbonyl (C=O) groups excluding carboxylic acids is 1. The second-order valence-electron chi connectivity index (χ2n) is 8.36. The van der Waals surface area contributed by atoms with Crippen molar-refractivity contribution in [3.05, 3.63) is 77.7 Å². The summed E-state index contributed by atoms with van der Waals surface area (Å²) in [5.41, 5.74) is 2.99. The van der Waals surface area contributed by atoms with Crippen molar-refractivity contribution in [2.45, 2.75) is 19.6 Å². The molecule has 0 N–H and O–H groups in total. The molecule has 1 aliphatic rings. The third kappa shape index (κ3) is 4.78. The van der Waals surface area contributed by atoms with E-state index in [2.05, 4.69) is 27.0 Å². The summed E-state index contributed by atoms with van der Waals surface area (Å²) in [7, 11) is 0. The van der Waals surface area contributed by atoms with Crippen LogP contribution in [0.4, 0.5) is 4.39 Å². The van der Waals surface area contributed by atoms with Gasteiger partial charge in [-0.1, -0.05) is 42.5 Å². The van der Waals surface area contributed by atoms with Crippen LogP contribution >= 0.6 is 11.3 Å². The van der Waals surface area contributed by atoms with Crippen molar-refractivity contribution >= 4 is 27.5 Å². The molecule has 1 amide bonds. The summed E-state index contributed by atoms with van der Waals surface area (Å²) >= 11 is 1.47. The molecule has 3 heterocycles. The monoisotopic (exact) mass is 476 g/mol. The lowest BCUT2D eigenvalue weighted by molar-refractivity contribution is -0.139. The molecule has 6 nitrogen and oxygen atoms in total. The number of thiophene rings is 1. The van der Waals surface area contributed by atoms with Crippen LogP contribution in [0.2, 0.25) is 0 Å². The van der Waals surface area contributed by atoms with E-state index >= 15 is 0 Å². The molecule has 5 rings (SSSR count). The fraction of sp³-hybridized carbons (Fsp3) is 0.269. The Balaban J connectivity index is 1.27. The Bertz CT molecular complexity index is 1270. The summed E-state index contributed by atoms with van der Waals surface area (Å²) in [5, 5.41) is 2.70. The molecule has 34 heavy (non-hydrogen) atoms. The fourth-order valence-corrected chi connectivity index (χ4v) is 5.13. The maximum absolute atomic E-state index is 13.4. The van der Waals surface area contributed by atoms with Crippen molar-refractivity contribution in [1.29, 1.82) is 0 Å². The molecule has 1 aliphatic heterocycles. The quantitative estimate of drug-likeness (QED) is 0.407. The van der Waals surface area contributed by atoms with Crippen LogP contribution in [-0.4, -0.2) is 58.0 Å². The summed E-state index contributed by atoms with van der Waals surface area (Å²) in [6.45, 7) is 5.62. The Labute approximate surface area is 201 Å². The molecular weight excluding hydrogens is 451 g/mol. The van der Waals surface area contributed by atoms with Crippen LogP contribution in [0, 0.1) is 5.82 Å². The molecule has 0 radical (unpaired) electrons. The van der Waals surface area contributed by atoms with Crippen molar-refractivity contribution in [1.82, 2.24) is 19.8 Å². The van der Waals surface area contributed by atoms with Crippen molar-refractivity contribution < 1.29 is 13.9 Å². The van der Waals surface area contributed by atoms with E-state index < -0.39 is 6.10 Å². The van der Waals surface area contributed by atoms with Crippen molar-refractivity contribution in [2.24, 2.45) is 0 Å². The van der Waals surface area contributed by atoms with Crippen molar-refractivity contribution in [3.8, 4) is 17.0 Å². The van der Waals surface area contributed by atoms with E-state index in [1.54, 1.807) is 19.1 Å². The fourth-order valence-electron chi connectivity index (χ4n) is 4.22. The topological polar surface area (TPSA) is 58.6 Å². The molecule has 1 atom stereocenters. The average Bonchev–Trinajstić information content (AvgIpc) is 3.30. The smallest absolute Gasteiger partial charge is 0.263 e. The molecule has 1 unspecified atom stereocenters. The minimum Gasteiger partial charge on any atom is -0.464 e. The number of rotatable bonds is 6. The summed E-state index contributed by atoms with van der Waals surface area (Å²) in [6, 6.07) is 16.7. The molecular formula is C26H25FN4O2S. The number of hydrogen-bond acceptors (Lipinski definition) is 6. The van der Waals surface area contributed by atoms with Gasteiger partial charge in [0.1, 0.15) is 17.0 Å². The highest BCUT2D eigenvalue weighted by Crippen LogP contribution is 2.37. The average molecular weight is 477 g/mol. The zero-order valence-electron chi connectivity index (χ0n) is 18.9. The van der Waals surface area contributed by atoms with Gasteiger partial charge in [-0.2, -0.15) is 0 Å². The molecule has 8 heteroatoms. The number of hydrogen-bond donors (Lipinski definition) is 0. The van der Waals surface area contributed by atoms with E-state index in [4.69, 9.17) is 4.74 Å². The van der Waals surface area contributed by atoms with E-state index in [1.165, 1.54) is 35.4 Å². The Morgan fingerprint density at radius 2 is 1.79 bits per heavy atom. The van der Waals surface area contributed by atoms with E-state index in [9.17, 15) is 9.18 Å². The van der Waals surface area contributed by atoms with E-state index in [0.717, 1.165) is 41.0 Å². The van der Waals surface area contributed by atoms with E-state index in [0.29, 0.717) is 19.0 Å². The molecule has 0 bridgehead atoms. The van der Waals surface area contributed by atoms with Gasteiger partial charge in [0.2, 0.25) is 5.88 Å². The van der Waals surface area contributed by atoms with Gasteiger partial charge >= 0.3 is 0 Å². The van der Waals surface area contributed by atoms with Gasteiger partial charge in [0.25, 0.3) is 5.91 Å². The number of benzene rings is 2. The van der Waals surface area contributed by atoms with Gasteiger partial charge in [0.15, 0.2) is 6.10 Å². The Kier molecular flexibility index (Phi) is 6.51. The Hall–Kier alpha value is -3.36. The standard InChI is InChI=1S/C26H25FN4O2S/c1-18(26(32)31-13-11-30(12-14-31)15-19-5-3-2-4-6-19)33-24-23-22(16-34-25(23)29-17-28-24)20-7-9-21(27)10-8-20/h2-10,16-18H,11-15H2,1H3. The van der Waals surface area contributed by atoms with E-state index in [-0.39, 0.29) is 11.7 Å². The highest BCUT2D eigenvalue weighted by atomic mass is 32.1. The number of piperazine rings is 1. The second-order valence-corrected chi connectivity index (χ2v) is 9.22. The van der Waals surface area contributed by atoms with Gasteiger partial charge in [0.05, 0.1) is 5.39 Å². The summed E-state index contributed by atoms with van der Waals surface area (Å²) in [4.78, 5) is 26.8. The minimum atomic E-state index is -0.681. The lowest BCUT2D eigenvalue weighted by atomic mass is 10.1. The SMILES string of the molecule is CC(Oc1ncnc2scc(-c3ccc(F)cc3)c12)C(=O)N1CCN(Cc2ccccc2)CC1. The number of ether oxygens (including phenoxy) is 1. The first kappa shape index (κ1) is 22.4. The number of carbonyl (C=O) groups is 1. The first-order valence-corrected chi connectivity index (χ1v) is 12.2. The second kappa shape index (κ2) is 9.87. The van der Waals surface area contributed by atoms with Crippen LogP contribution in [0.5, 0.6) is 5.88 Å². The number of amides is 1. The maximum atomic E-state index is 13.4. The molecule has 1 fully saturated rings. The first-order valence-electron chi connectivity index (χ1n) is 11.3. The van der Waals surface area contributed by atoms with Crippen LogP contribution in [0.25, 0.3) is 21.3 Å². The van der Waals surface area contributed by atoms with Crippen molar-refractivity contribution in [2.75, 3.05) is 26.2 Å².